The molecule has 1 amide bonds. The van der Waals surface area contributed by atoms with Gasteiger partial charge in [-0.15, -0.1) is 0 Å². The SMILES string of the molecule is CC(C)CC1=NN(C(=O)c2cccc(O)c2)[C@](O)(C(F)(F)F)C1. The Hall–Kier alpha value is -2.09. The van der Waals surface area contributed by atoms with Crippen LogP contribution in [0.15, 0.2) is 29.4 Å². The molecule has 1 aromatic carbocycles. The van der Waals surface area contributed by atoms with Gasteiger partial charge in [0.25, 0.3) is 11.6 Å². The van der Waals surface area contributed by atoms with Crippen molar-refractivity contribution >= 4 is 11.6 Å². The van der Waals surface area contributed by atoms with Gasteiger partial charge in [-0.05, 0) is 30.5 Å². The second-order valence-electron chi connectivity index (χ2n) is 5.92. The van der Waals surface area contributed by atoms with Crippen LogP contribution in [0.1, 0.15) is 37.0 Å². The second kappa shape index (κ2) is 5.84. The first-order chi connectivity index (χ1) is 10.5. The maximum absolute atomic E-state index is 13.3. The van der Waals surface area contributed by atoms with E-state index in [0.717, 1.165) is 6.07 Å². The summed E-state index contributed by atoms with van der Waals surface area (Å²) in [5.74, 6) is -1.36. The van der Waals surface area contributed by atoms with Gasteiger partial charge in [0.15, 0.2) is 0 Å². The number of hydrazone groups is 1. The monoisotopic (exact) mass is 330 g/mol. The minimum Gasteiger partial charge on any atom is -0.508 e. The van der Waals surface area contributed by atoms with Crippen LogP contribution in [0.4, 0.5) is 13.2 Å². The predicted molar refractivity (Wildman–Crippen MR) is 76.8 cm³/mol. The lowest BCUT2D eigenvalue weighted by molar-refractivity contribution is -0.297. The van der Waals surface area contributed by atoms with Crippen molar-refractivity contribution < 1.29 is 28.2 Å². The molecule has 1 aliphatic rings. The predicted octanol–water partition coefficient (Wildman–Crippen LogP) is 2.89. The van der Waals surface area contributed by atoms with E-state index < -0.39 is 24.2 Å². The molecule has 2 rings (SSSR count). The average molecular weight is 330 g/mol. The molecule has 0 aliphatic carbocycles. The van der Waals surface area contributed by atoms with Crippen LogP contribution >= 0.6 is 0 Å². The van der Waals surface area contributed by atoms with Gasteiger partial charge in [0.2, 0.25) is 0 Å². The Kier molecular flexibility index (Phi) is 4.39. The van der Waals surface area contributed by atoms with Gasteiger partial charge in [-0.3, -0.25) is 4.79 Å². The van der Waals surface area contributed by atoms with E-state index in [1.54, 1.807) is 13.8 Å². The van der Waals surface area contributed by atoms with E-state index in [1.165, 1.54) is 18.2 Å². The number of nitrogens with zero attached hydrogens (tertiary/aromatic N) is 2. The van der Waals surface area contributed by atoms with Gasteiger partial charge in [0, 0.05) is 17.7 Å². The van der Waals surface area contributed by atoms with E-state index in [4.69, 9.17) is 0 Å². The number of alkyl halides is 3. The molecule has 0 radical (unpaired) electrons. The number of rotatable bonds is 3. The number of hydrogen-bond acceptors (Lipinski definition) is 4. The summed E-state index contributed by atoms with van der Waals surface area (Å²) in [6, 6.07) is 4.87. The Labute approximate surface area is 131 Å². The molecule has 5 nitrogen and oxygen atoms in total. The topological polar surface area (TPSA) is 73.1 Å². The number of aromatic hydroxyl groups is 1. The summed E-state index contributed by atoms with van der Waals surface area (Å²) in [6.45, 7) is 3.60. The zero-order valence-corrected chi connectivity index (χ0v) is 12.6. The number of aliphatic hydroxyl groups is 1. The number of phenols is 1. The van der Waals surface area contributed by atoms with Gasteiger partial charge in [-0.25, -0.2) is 0 Å². The summed E-state index contributed by atoms with van der Waals surface area (Å²) >= 11 is 0. The Balaban J connectivity index is 2.41. The molecule has 0 fully saturated rings. The molecular weight excluding hydrogens is 313 g/mol. The van der Waals surface area contributed by atoms with Crippen LogP contribution in [-0.4, -0.2) is 38.7 Å². The van der Waals surface area contributed by atoms with Crippen LogP contribution in [0, 0.1) is 5.92 Å². The number of benzene rings is 1. The first-order valence-electron chi connectivity index (χ1n) is 7.03. The summed E-state index contributed by atoms with van der Waals surface area (Å²) < 4.78 is 39.9. The van der Waals surface area contributed by atoms with Crippen LogP contribution in [0.2, 0.25) is 0 Å². The number of amides is 1. The molecule has 1 aromatic rings. The fourth-order valence-corrected chi connectivity index (χ4v) is 2.40. The number of hydrogen-bond donors (Lipinski definition) is 2. The average Bonchev–Trinajstić information content (AvgIpc) is 2.74. The highest BCUT2D eigenvalue weighted by atomic mass is 19.4. The minimum absolute atomic E-state index is 0.0297. The van der Waals surface area contributed by atoms with Crippen molar-refractivity contribution in [3.05, 3.63) is 29.8 Å². The van der Waals surface area contributed by atoms with E-state index in [2.05, 4.69) is 5.10 Å². The van der Waals surface area contributed by atoms with Gasteiger partial charge in [-0.1, -0.05) is 19.9 Å². The molecule has 8 heteroatoms. The molecule has 1 atom stereocenters. The summed E-state index contributed by atoms with van der Waals surface area (Å²) in [5.41, 5.74) is -3.46. The van der Waals surface area contributed by atoms with Crippen LogP contribution in [-0.2, 0) is 0 Å². The van der Waals surface area contributed by atoms with Gasteiger partial charge < -0.3 is 10.2 Å². The zero-order chi connectivity index (χ0) is 17.4. The number of phenolic OH excluding ortho intramolecular Hbond substituents is 1. The highest BCUT2D eigenvalue weighted by Crippen LogP contribution is 2.41. The summed E-state index contributed by atoms with van der Waals surface area (Å²) in [4.78, 5) is 12.3. The first kappa shape index (κ1) is 17.3. The van der Waals surface area contributed by atoms with Crippen LogP contribution in [0.5, 0.6) is 5.75 Å². The van der Waals surface area contributed by atoms with E-state index in [1.807, 2.05) is 0 Å². The molecule has 0 aromatic heterocycles. The number of carbonyl (C=O) groups is 1. The zero-order valence-electron chi connectivity index (χ0n) is 12.6. The summed E-state index contributed by atoms with van der Waals surface area (Å²) in [6.07, 6.45) is -5.59. The molecule has 126 valence electrons. The summed E-state index contributed by atoms with van der Waals surface area (Å²) in [7, 11) is 0. The van der Waals surface area contributed by atoms with Gasteiger partial charge >= 0.3 is 6.18 Å². The van der Waals surface area contributed by atoms with Crippen LogP contribution in [0.25, 0.3) is 0 Å². The first-order valence-corrected chi connectivity index (χ1v) is 7.03. The summed E-state index contributed by atoms with van der Waals surface area (Å²) in [5, 5.41) is 23.2. The quantitative estimate of drug-likeness (QED) is 0.895. The second-order valence-corrected chi connectivity index (χ2v) is 5.92. The highest BCUT2D eigenvalue weighted by Gasteiger charge is 2.63. The smallest absolute Gasteiger partial charge is 0.438 e. The van der Waals surface area contributed by atoms with Crippen molar-refractivity contribution in [2.45, 2.75) is 38.6 Å². The normalized spacial score (nSPS) is 21.7. The molecule has 1 aliphatic heterocycles. The van der Waals surface area contributed by atoms with E-state index in [9.17, 15) is 28.2 Å². The van der Waals surface area contributed by atoms with Crippen molar-refractivity contribution in [3.63, 3.8) is 0 Å². The Morgan fingerprint density at radius 1 is 1.43 bits per heavy atom. The fraction of sp³-hybridized carbons (Fsp3) is 0.467. The minimum atomic E-state index is -5.05. The lowest BCUT2D eigenvalue weighted by atomic mass is 9.99. The molecule has 0 saturated heterocycles. The molecule has 0 saturated carbocycles. The lowest BCUT2D eigenvalue weighted by Gasteiger charge is -2.32. The number of carbonyl (C=O) groups excluding carboxylic acids is 1. The largest absolute Gasteiger partial charge is 0.508 e. The van der Waals surface area contributed by atoms with E-state index in [-0.39, 0.29) is 34.4 Å². The number of halogens is 3. The standard InChI is InChI=1S/C15H17F3N2O3/c1-9(2)6-11-8-14(23,15(16,17)18)20(19-11)13(22)10-4-3-5-12(21)7-10/h3-5,7,9,21,23H,6,8H2,1-2H3/t14-/m1/s1. The third-order valence-corrected chi connectivity index (χ3v) is 3.43. The van der Waals surface area contributed by atoms with E-state index in [0.29, 0.717) is 0 Å². The Bertz CT molecular complexity index is 643. The van der Waals surface area contributed by atoms with Crippen molar-refractivity contribution in [1.29, 1.82) is 0 Å². The van der Waals surface area contributed by atoms with Crippen molar-refractivity contribution in [2.24, 2.45) is 11.0 Å². The third-order valence-electron chi connectivity index (χ3n) is 3.43. The van der Waals surface area contributed by atoms with Gasteiger partial charge in [-0.2, -0.15) is 23.3 Å². The molecule has 0 spiro atoms. The molecule has 2 N–H and O–H groups in total. The van der Waals surface area contributed by atoms with Gasteiger partial charge in [0.1, 0.15) is 5.75 Å². The van der Waals surface area contributed by atoms with Crippen molar-refractivity contribution in [2.75, 3.05) is 0 Å². The molecule has 1 heterocycles. The maximum atomic E-state index is 13.3. The van der Waals surface area contributed by atoms with Crippen molar-refractivity contribution in [1.82, 2.24) is 5.01 Å². The van der Waals surface area contributed by atoms with Crippen LogP contribution in [0.3, 0.4) is 0 Å². The third kappa shape index (κ3) is 3.31. The van der Waals surface area contributed by atoms with Crippen molar-refractivity contribution in [3.8, 4) is 5.75 Å². The van der Waals surface area contributed by atoms with Gasteiger partial charge in [0.05, 0.1) is 0 Å². The fourth-order valence-electron chi connectivity index (χ4n) is 2.40. The molecular formula is C15H17F3N2O3. The van der Waals surface area contributed by atoms with Crippen LogP contribution < -0.4 is 0 Å². The molecule has 23 heavy (non-hydrogen) atoms. The van der Waals surface area contributed by atoms with E-state index >= 15 is 0 Å². The maximum Gasteiger partial charge on any atom is 0.438 e. The molecule has 0 bridgehead atoms. The molecule has 0 unspecified atom stereocenters. The Morgan fingerprint density at radius 3 is 2.61 bits per heavy atom. The Morgan fingerprint density at radius 2 is 2.09 bits per heavy atom. The lowest BCUT2D eigenvalue weighted by Crippen LogP contribution is -2.56. The highest BCUT2D eigenvalue weighted by molar-refractivity contribution is 5.98.